The van der Waals surface area contributed by atoms with E-state index < -0.39 is 5.82 Å². The lowest BCUT2D eigenvalue weighted by Crippen LogP contribution is -2.22. The van der Waals surface area contributed by atoms with Crippen LogP contribution in [0.25, 0.3) is 0 Å². The Morgan fingerprint density at radius 3 is 1.72 bits per heavy atom. The summed E-state index contributed by atoms with van der Waals surface area (Å²) in [5.41, 5.74) is 3.03. The number of nitrogens with zero attached hydrogens (tertiary/aromatic N) is 1. The highest BCUT2D eigenvalue weighted by Gasteiger charge is 2.14. The number of carbonyl (C=O) groups excluding carboxylic acids is 1. The van der Waals surface area contributed by atoms with Gasteiger partial charge in [0.25, 0.3) is 0 Å². The van der Waals surface area contributed by atoms with Crippen molar-refractivity contribution in [1.82, 2.24) is 0 Å². The van der Waals surface area contributed by atoms with Gasteiger partial charge in [0.1, 0.15) is 17.3 Å². The molecule has 0 radical (unpaired) electrons. The van der Waals surface area contributed by atoms with Gasteiger partial charge < -0.3 is 14.4 Å². The Morgan fingerprint density at radius 1 is 0.828 bits per heavy atom. The minimum Gasteiger partial charge on any atom is -0.497 e. The maximum absolute atomic E-state index is 14.0. The quantitative estimate of drug-likeness (QED) is 0.490. The monoisotopic (exact) mass is 393 g/mol. The molecule has 0 aliphatic rings. The molecule has 0 amide bonds. The Labute approximate surface area is 170 Å². The topological polar surface area (TPSA) is 38.8 Å². The Bertz CT molecular complexity index is 919. The van der Waals surface area contributed by atoms with Crippen molar-refractivity contribution in [2.24, 2.45) is 0 Å². The number of Topliss-reactive ketones (excluding diaryl/α,β-unsaturated/α-hetero) is 1. The normalized spacial score (nSPS) is 10.5. The minimum atomic E-state index is -0.505. The van der Waals surface area contributed by atoms with E-state index in [-0.39, 0.29) is 11.3 Å². The number of ketones is 1. The maximum Gasteiger partial charge on any atom is 0.162 e. The fraction of sp³-hybridized carbons (Fsp3) is 0.208. The molecule has 4 nitrogen and oxygen atoms in total. The van der Waals surface area contributed by atoms with E-state index >= 15 is 0 Å². The van der Waals surface area contributed by atoms with Gasteiger partial charge in [0.05, 0.1) is 19.8 Å². The molecule has 0 unspecified atom stereocenters. The molecule has 0 fully saturated rings. The van der Waals surface area contributed by atoms with Crippen LogP contribution in [0.15, 0.2) is 66.7 Å². The van der Waals surface area contributed by atoms with Crippen LogP contribution in [0.2, 0.25) is 0 Å². The molecule has 0 saturated carbocycles. The average Bonchev–Trinajstić information content (AvgIpc) is 2.74. The number of methoxy groups -OCH3 is 2. The standard InChI is InChI=1S/C24H24FNO3/c1-17(27)23-14-20(8-13-24(23)25)26(15-18-4-9-21(28-2)10-5-18)16-19-6-11-22(29-3)12-7-19/h4-14H,15-16H2,1-3H3. The van der Waals surface area contributed by atoms with Crippen LogP contribution in [-0.2, 0) is 13.1 Å². The van der Waals surface area contributed by atoms with E-state index in [1.165, 1.54) is 13.0 Å². The van der Waals surface area contributed by atoms with Crippen molar-refractivity contribution in [1.29, 1.82) is 0 Å². The van der Waals surface area contributed by atoms with Crippen molar-refractivity contribution >= 4 is 11.5 Å². The van der Waals surface area contributed by atoms with Crippen LogP contribution in [-0.4, -0.2) is 20.0 Å². The zero-order valence-corrected chi connectivity index (χ0v) is 16.8. The molecule has 0 atom stereocenters. The molecule has 0 aliphatic carbocycles. The number of hydrogen-bond donors (Lipinski definition) is 0. The van der Waals surface area contributed by atoms with Crippen molar-refractivity contribution in [3.05, 3.63) is 89.2 Å². The summed E-state index contributed by atoms with van der Waals surface area (Å²) >= 11 is 0. The van der Waals surface area contributed by atoms with Crippen LogP contribution in [0.1, 0.15) is 28.4 Å². The Kier molecular flexibility index (Phi) is 6.50. The first-order valence-electron chi connectivity index (χ1n) is 9.31. The smallest absolute Gasteiger partial charge is 0.162 e. The summed E-state index contributed by atoms with van der Waals surface area (Å²) < 4.78 is 24.5. The molecule has 3 aromatic rings. The fourth-order valence-corrected chi connectivity index (χ4v) is 3.12. The first-order valence-corrected chi connectivity index (χ1v) is 9.31. The first-order chi connectivity index (χ1) is 14.0. The van der Waals surface area contributed by atoms with Crippen LogP contribution in [0.5, 0.6) is 11.5 Å². The second kappa shape index (κ2) is 9.24. The van der Waals surface area contributed by atoms with Crippen LogP contribution >= 0.6 is 0 Å². The SMILES string of the molecule is COc1ccc(CN(Cc2ccc(OC)cc2)c2ccc(F)c(C(C)=O)c2)cc1. The van der Waals surface area contributed by atoms with Crippen LogP contribution in [0.4, 0.5) is 10.1 Å². The van der Waals surface area contributed by atoms with E-state index in [9.17, 15) is 9.18 Å². The van der Waals surface area contributed by atoms with Crippen LogP contribution in [0.3, 0.4) is 0 Å². The summed E-state index contributed by atoms with van der Waals surface area (Å²) in [6.45, 7) is 2.57. The molecule has 0 saturated heterocycles. The minimum absolute atomic E-state index is 0.0944. The van der Waals surface area contributed by atoms with Gasteiger partial charge in [-0.25, -0.2) is 4.39 Å². The molecule has 5 heteroatoms. The van der Waals surface area contributed by atoms with E-state index in [1.54, 1.807) is 26.4 Å². The lowest BCUT2D eigenvalue weighted by atomic mass is 10.1. The van der Waals surface area contributed by atoms with Crippen LogP contribution in [0, 0.1) is 5.82 Å². The Balaban J connectivity index is 1.93. The molecular formula is C24H24FNO3. The molecule has 150 valence electrons. The van der Waals surface area contributed by atoms with Crippen molar-refractivity contribution in [2.45, 2.75) is 20.0 Å². The number of halogens is 1. The average molecular weight is 393 g/mol. The highest BCUT2D eigenvalue weighted by Crippen LogP contribution is 2.25. The number of hydrogen-bond acceptors (Lipinski definition) is 4. The van der Waals surface area contributed by atoms with Gasteiger partial charge in [0.15, 0.2) is 5.78 Å². The summed E-state index contributed by atoms with van der Waals surface area (Å²) in [5.74, 6) is 0.778. The third-order valence-corrected chi connectivity index (χ3v) is 4.76. The lowest BCUT2D eigenvalue weighted by molar-refractivity contribution is 0.101. The van der Waals surface area contributed by atoms with E-state index in [1.807, 2.05) is 48.5 Å². The van der Waals surface area contributed by atoms with Crippen LogP contribution < -0.4 is 14.4 Å². The molecule has 0 spiro atoms. The summed E-state index contributed by atoms with van der Waals surface area (Å²) in [7, 11) is 3.26. The molecule has 3 aromatic carbocycles. The van der Waals surface area contributed by atoms with Gasteiger partial charge in [-0.15, -0.1) is 0 Å². The van der Waals surface area contributed by atoms with Gasteiger partial charge in [0.2, 0.25) is 0 Å². The van der Waals surface area contributed by atoms with Gasteiger partial charge in [0, 0.05) is 18.8 Å². The number of carbonyl (C=O) groups is 1. The van der Waals surface area contributed by atoms with Gasteiger partial charge in [-0.2, -0.15) is 0 Å². The largest absolute Gasteiger partial charge is 0.497 e. The summed E-state index contributed by atoms with van der Waals surface area (Å²) in [4.78, 5) is 13.9. The molecule has 0 aromatic heterocycles. The molecule has 3 rings (SSSR count). The van der Waals surface area contributed by atoms with Crippen molar-refractivity contribution in [3.8, 4) is 11.5 Å². The third kappa shape index (κ3) is 5.13. The summed E-state index contributed by atoms with van der Waals surface area (Å²) in [6, 6.07) is 20.3. The number of rotatable bonds is 8. The highest BCUT2D eigenvalue weighted by atomic mass is 19.1. The van der Waals surface area contributed by atoms with Gasteiger partial charge in [-0.1, -0.05) is 24.3 Å². The third-order valence-electron chi connectivity index (χ3n) is 4.76. The predicted molar refractivity (Wildman–Crippen MR) is 112 cm³/mol. The van der Waals surface area contributed by atoms with Gasteiger partial charge in [-0.3, -0.25) is 4.79 Å². The van der Waals surface area contributed by atoms with E-state index in [0.29, 0.717) is 13.1 Å². The highest BCUT2D eigenvalue weighted by molar-refractivity contribution is 5.95. The van der Waals surface area contributed by atoms with Gasteiger partial charge >= 0.3 is 0 Å². The maximum atomic E-state index is 14.0. The molecule has 0 aliphatic heterocycles. The lowest BCUT2D eigenvalue weighted by Gasteiger charge is -2.26. The fourth-order valence-electron chi connectivity index (χ4n) is 3.12. The second-order valence-electron chi connectivity index (χ2n) is 6.77. The second-order valence-corrected chi connectivity index (χ2v) is 6.77. The summed E-state index contributed by atoms with van der Waals surface area (Å²) in [5, 5.41) is 0. The number of ether oxygens (including phenoxy) is 2. The first kappa shape index (κ1) is 20.4. The Hall–Kier alpha value is -3.34. The van der Waals surface area contributed by atoms with Gasteiger partial charge in [-0.05, 0) is 60.5 Å². The molecular weight excluding hydrogens is 369 g/mol. The molecule has 0 N–H and O–H groups in total. The Morgan fingerprint density at radius 2 is 1.31 bits per heavy atom. The van der Waals surface area contributed by atoms with Crippen molar-refractivity contribution in [2.75, 3.05) is 19.1 Å². The number of anilines is 1. The molecule has 0 heterocycles. The zero-order chi connectivity index (χ0) is 20.8. The molecule has 0 bridgehead atoms. The van der Waals surface area contributed by atoms with E-state index in [2.05, 4.69) is 4.90 Å². The van der Waals surface area contributed by atoms with Crippen molar-refractivity contribution in [3.63, 3.8) is 0 Å². The predicted octanol–water partition coefficient (Wildman–Crippen LogP) is 5.25. The zero-order valence-electron chi connectivity index (χ0n) is 16.8. The van der Waals surface area contributed by atoms with Crippen molar-refractivity contribution < 1.29 is 18.7 Å². The summed E-state index contributed by atoms with van der Waals surface area (Å²) in [6.07, 6.45) is 0. The number of benzene rings is 3. The molecule has 29 heavy (non-hydrogen) atoms. The van der Waals surface area contributed by atoms with E-state index in [4.69, 9.17) is 9.47 Å². The van der Waals surface area contributed by atoms with E-state index in [0.717, 1.165) is 28.3 Å².